The van der Waals surface area contributed by atoms with Gasteiger partial charge in [-0.25, -0.2) is 9.07 Å². The van der Waals surface area contributed by atoms with E-state index in [2.05, 4.69) is 29.2 Å². The Hall–Kier alpha value is -2.64. The third-order valence-electron chi connectivity index (χ3n) is 5.83. The summed E-state index contributed by atoms with van der Waals surface area (Å²) in [5.74, 6) is 0.773. The number of halogens is 2. The molecule has 2 aromatic carbocycles. The van der Waals surface area contributed by atoms with Crippen LogP contribution in [-0.4, -0.2) is 20.5 Å². The molecule has 32 heavy (non-hydrogen) atoms. The van der Waals surface area contributed by atoms with Gasteiger partial charge in [-0.1, -0.05) is 73.6 Å². The van der Waals surface area contributed by atoms with Crippen molar-refractivity contribution in [3.63, 3.8) is 0 Å². The summed E-state index contributed by atoms with van der Waals surface area (Å²) in [5, 5.41) is 9.22. The molecular weight excluding hydrogens is 447 g/mol. The summed E-state index contributed by atoms with van der Waals surface area (Å²) in [6.45, 7) is 4.14. The molecule has 1 atom stereocenters. The number of aromatic nitrogens is 3. The Labute approximate surface area is 195 Å². The molecule has 0 saturated heterocycles. The number of hydrogen-bond acceptors (Lipinski definition) is 5. The van der Waals surface area contributed by atoms with Crippen LogP contribution in [0.1, 0.15) is 43.9 Å². The zero-order valence-electron chi connectivity index (χ0n) is 17.7. The molecule has 1 aliphatic carbocycles. The second-order valence-electron chi connectivity index (χ2n) is 8.92. The van der Waals surface area contributed by atoms with Gasteiger partial charge in [-0.05, 0) is 29.5 Å². The summed E-state index contributed by atoms with van der Waals surface area (Å²) >= 11 is 7.73. The lowest BCUT2D eigenvalue weighted by Crippen LogP contribution is -2.36. The van der Waals surface area contributed by atoms with Crippen LogP contribution in [0.4, 0.5) is 10.3 Å². The summed E-state index contributed by atoms with van der Waals surface area (Å²) in [7, 11) is 0. The van der Waals surface area contributed by atoms with Crippen LogP contribution in [0.3, 0.4) is 0 Å². The van der Waals surface area contributed by atoms with Gasteiger partial charge in [-0.3, -0.25) is 4.79 Å². The van der Waals surface area contributed by atoms with E-state index < -0.39 is 6.04 Å². The summed E-state index contributed by atoms with van der Waals surface area (Å²) < 4.78 is 16.5. The van der Waals surface area contributed by atoms with Crippen molar-refractivity contribution in [1.82, 2.24) is 14.8 Å². The minimum Gasteiger partial charge on any atom is -0.328 e. The SMILES string of the molecule is CC1(C)CC(=O)C2=C(C1)Nc1nc(SCc3ccccc3Cl)nn1C2c1ccccc1F. The van der Waals surface area contributed by atoms with Gasteiger partial charge in [0.25, 0.3) is 0 Å². The number of anilines is 1. The largest absolute Gasteiger partial charge is 0.328 e. The average molecular weight is 469 g/mol. The molecule has 0 saturated carbocycles. The van der Waals surface area contributed by atoms with E-state index in [4.69, 9.17) is 11.6 Å². The maximum atomic E-state index is 14.9. The number of ketones is 1. The molecule has 1 aromatic heterocycles. The molecule has 2 aliphatic rings. The molecule has 0 radical (unpaired) electrons. The number of rotatable bonds is 4. The Balaban J connectivity index is 1.55. The number of nitrogens with one attached hydrogen (secondary N) is 1. The van der Waals surface area contributed by atoms with Crippen LogP contribution in [0, 0.1) is 11.2 Å². The fourth-order valence-corrected chi connectivity index (χ4v) is 5.51. The zero-order chi connectivity index (χ0) is 22.5. The molecule has 164 valence electrons. The number of thioether (sulfide) groups is 1. The Morgan fingerprint density at radius 3 is 2.72 bits per heavy atom. The minimum absolute atomic E-state index is 0.0171. The first kappa shape index (κ1) is 21.2. The van der Waals surface area contributed by atoms with Gasteiger partial charge in [0.1, 0.15) is 11.9 Å². The maximum Gasteiger partial charge on any atom is 0.227 e. The van der Waals surface area contributed by atoms with E-state index in [0.717, 1.165) is 11.3 Å². The fraction of sp³-hybridized carbons (Fsp3) is 0.292. The highest BCUT2D eigenvalue weighted by atomic mass is 35.5. The summed E-state index contributed by atoms with van der Waals surface area (Å²) in [6.07, 6.45) is 1.10. The highest BCUT2D eigenvalue weighted by Crippen LogP contribution is 2.46. The van der Waals surface area contributed by atoms with E-state index in [1.54, 1.807) is 22.9 Å². The van der Waals surface area contributed by atoms with Crippen molar-refractivity contribution in [1.29, 1.82) is 0 Å². The third-order valence-corrected chi connectivity index (χ3v) is 7.08. The van der Waals surface area contributed by atoms with Crippen molar-refractivity contribution >= 4 is 35.1 Å². The monoisotopic (exact) mass is 468 g/mol. The number of benzene rings is 2. The fourth-order valence-electron chi connectivity index (χ4n) is 4.39. The minimum atomic E-state index is -0.645. The highest BCUT2D eigenvalue weighted by molar-refractivity contribution is 7.98. The molecule has 0 fully saturated rings. The second-order valence-corrected chi connectivity index (χ2v) is 10.3. The van der Waals surface area contributed by atoms with Gasteiger partial charge in [-0.15, -0.1) is 5.10 Å². The lowest BCUT2D eigenvalue weighted by atomic mass is 9.73. The Bertz CT molecular complexity index is 1250. The number of allylic oxidation sites excluding steroid dienone is 2. The first-order valence-electron chi connectivity index (χ1n) is 10.4. The summed E-state index contributed by atoms with van der Waals surface area (Å²) in [6, 6.07) is 13.6. The molecule has 1 unspecified atom stereocenters. The van der Waals surface area contributed by atoms with Crippen LogP contribution in [0.5, 0.6) is 0 Å². The van der Waals surface area contributed by atoms with Crippen molar-refractivity contribution in [2.45, 2.75) is 43.6 Å². The average Bonchev–Trinajstić information content (AvgIpc) is 3.14. The van der Waals surface area contributed by atoms with Crippen molar-refractivity contribution in [3.8, 4) is 0 Å². The molecule has 3 aromatic rings. The third kappa shape index (κ3) is 3.84. The lowest BCUT2D eigenvalue weighted by molar-refractivity contribution is -0.118. The van der Waals surface area contributed by atoms with Gasteiger partial charge in [0.2, 0.25) is 11.1 Å². The number of Topliss-reactive ketones (excluding diaryl/α,β-unsaturated/α-hetero) is 1. The number of nitrogens with zero attached hydrogens (tertiary/aromatic N) is 3. The van der Waals surface area contributed by atoms with Crippen LogP contribution in [0.25, 0.3) is 0 Å². The Kier molecular flexibility index (Phi) is 5.34. The molecule has 0 spiro atoms. The topological polar surface area (TPSA) is 59.8 Å². The van der Waals surface area contributed by atoms with Crippen molar-refractivity contribution in [2.75, 3.05) is 5.32 Å². The van der Waals surface area contributed by atoms with Gasteiger partial charge >= 0.3 is 0 Å². The van der Waals surface area contributed by atoms with Crippen molar-refractivity contribution < 1.29 is 9.18 Å². The van der Waals surface area contributed by atoms with E-state index in [9.17, 15) is 9.18 Å². The van der Waals surface area contributed by atoms with Gasteiger partial charge in [-0.2, -0.15) is 4.98 Å². The van der Waals surface area contributed by atoms with Gasteiger partial charge in [0, 0.05) is 34.0 Å². The van der Waals surface area contributed by atoms with Crippen molar-refractivity contribution in [3.05, 3.63) is 81.8 Å². The molecular formula is C24H22ClFN4OS. The second kappa shape index (κ2) is 8.05. The Morgan fingerprint density at radius 2 is 1.94 bits per heavy atom. The predicted octanol–water partition coefficient (Wildman–Crippen LogP) is 6.02. The summed E-state index contributed by atoms with van der Waals surface area (Å²) in [4.78, 5) is 17.9. The van der Waals surface area contributed by atoms with Crippen molar-refractivity contribution in [2.24, 2.45) is 5.41 Å². The van der Waals surface area contributed by atoms with Gasteiger partial charge in [0.05, 0.1) is 0 Å². The number of fused-ring (bicyclic) bond motifs is 1. The molecule has 5 nitrogen and oxygen atoms in total. The number of carbonyl (C=O) groups is 1. The maximum absolute atomic E-state index is 14.9. The van der Waals surface area contributed by atoms with E-state index in [1.807, 2.05) is 24.3 Å². The standard InChI is InChI=1S/C24H22ClFN4OS/c1-24(2)11-18-20(19(31)12-24)21(15-8-4-6-10-17(15)26)30-22(27-18)28-23(29-30)32-13-14-7-3-5-9-16(14)25/h3-10,21H,11-13H2,1-2H3,(H,27,28,29). The molecule has 1 aliphatic heterocycles. The summed E-state index contributed by atoms with van der Waals surface area (Å²) in [5.41, 5.74) is 2.62. The predicted molar refractivity (Wildman–Crippen MR) is 124 cm³/mol. The molecule has 8 heteroatoms. The molecule has 1 N–H and O–H groups in total. The number of carbonyl (C=O) groups excluding carboxylic acids is 1. The van der Waals surface area contributed by atoms with Crippen LogP contribution in [0.15, 0.2) is 65.0 Å². The van der Waals surface area contributed by atoms with E-state index >= 15 is 0 Å². The number of hydrogen-bond donors (Lipinski definition) is 1. The first-order chi connectivity index (χ1) is 15.3. The van der Waals surface area contributed by atoms with Gasteiger partial charge in [0.15, 0.2) is 5.78 Å². The van der Waals surface area contributed by atoms with E-state index in [-0.39, 0.29) is 17.0 Å². The van der Waals surface area contributed by atoms with Crippen LogP contribution in [-0.2, 0) is 10.5 Å². The smallest absolute Gasteiger partial charge is 0.227 e. The zero-order valence-corrected chi connectivity index (χ0v) is 19.3. The Morgan fingerprint density at radius 1 is 1.19 bits per heavy atom. The van der Waals surface area contributed by atoms with Crippen LogP contribution >= 0.6 is 23.4 Å². The van der Waals surface area contributed by atoms with E-state index in [1.165, 1.54) is 17.8 Å². The highest BCUT2D eigenvalue weighted by Gasteiger charge is 2.42. The lowest BCUT2D eigenvalue weighted by Gasteiger charge is -2.38. The molecule has 0 bridgehead atoms. The molecule has 5 rings (SSSR count). The van der Waals surface area contributed by atoms with E-state index in [0.29, 0.717) is 45.9 Å². The normalized spacial score (nSPS) is 19.4. The van der Waals surface area contributed by atoms with Crippen LogP contribution < -0.4 is 5.32 Å². The quantitative estimate of drug-likeness (QED) is 0.474. The first-order valence-corrected chi connectivity index (χ1v) is 11.8. The molecule has 2 heterocycles. The molecule has 0 amide bonds. The van der Waals surface area contributed by atoms with Gasteiger partial charge < -0.3 is 5.32 Å². The van der Waals surface area contributed by atoms with Crippen LogP contribution in [0.2, 0.25) is 5.02 Å².